The van der Waals surface area contributed by atoms with Crippen LogP contribution in [0.5, 0.6) is 0 Å². The molecule has 1 aliphatic rings. The molecule has 0 bridgehead atoms. The van der Waals surface area contributed by atoms with E-state index in [9.17, 15) is 4.79 Å². The number of hydrogen-bond donors (Lipinski definition) is 2. The molecule has 19 heavy (non-hydrogen) atoms. The molecule has 0 saturated carbocycles. The van der Waals surface area contributed by atoms with Gasteiger partial charge in [0.25, 0.3) is 5.91 Å². The van der Waals surface area contributed by atoms with E-state index in [4.69, 9.17) is 4.42 Å². The van der Waals surface area contributed by atoms with Crippen LogP contribution in [0.4, 0.5) is 0 Å². The highest BCUT2D eigenvalue weighted by Gasteiger charge is 2.22. The second-order valence-corrected chi connectivity index (χ2v) is 5.12. The number of carbonyl (C=O) groups excluding carboxylic acids is 1. The summed E-state index contributed by atoms with van der Waals surface area (Å²) in [6.45, 7) is 7.11. The lowest BCUT2D eigenvalue weighted by Crippen LogP contribution is -2.46. The minimum Gasteiger partial charge on any atom is -0.456 e. The van der Waals surface area contributed by atoms with Crippen molar-refractivity contribution in [1.29, 1.82) is 0 Å². The highest BCUT2D eigenvalue weighted by atomic mass is 35.5. The number of rotatable bonds is 3. The Kier molecular flexibility index (Phi) is 5.88. The van der Waals surface area contributed by atoms with Crippen LogP contribution >= 0.6 is 12.4 Å². The van der Waals surface area contributed by atoms with E-state index in [-0.39, 0.29) is 24.4 Å². The Labute approximate surface area is 120 Å². The van der Waals surface area contributed by atoms with Crippen LogP contribution in [-0.2, 0) is 6.42 Å². The summed E-state index contributed by atoms with van der Waals surface area (Å²) in [4.78, 5) is 12.1. The van der Waals surface area contributed by atoms with E-state index in [0.717, 1.165) is 37.1 Å². The summed E-state index contributed by atoms with van der Waals surface area (Å²) in [5, 5.41) is 6.43. The van der Waals surface area contributed by atoms with Crippen molar-refractivity contribution >= 4 is 18.3 Å². The summed E-state index contributed by atoms with van der Waals surface area (Å²) in [5.74, 6) is 1.26. The normalized spacial score (nSPS) is 22.7. The van der Waals surface area contributed by atoms with Crippen molar-refractivity contribution in [2.24, 2.45) is 0 Å². The zero-order valence-corrected chi connectivity index (χ0v) is 12.6. The zero-order valence-electron chi connectivity index (χ0n) is 11.8. The Bertz CT molecular complexity index is 431. The van der Waals surface area contributed by atoms with Gasteiger partial charge in [0.15, 0.2) is 5.76 Å². The molecule has 1 fully saturated rings. The van der Waals surface area contributed by atoms with Crippen molar-refractivity contribution in [1.82, 2.24) is 10.6 Å². The van der Waals surface area contributed by atoms with Gasteiger partial charge in [-0.2, -0.15) is 0 Å². The molecule has 2 atom stereocenters. The molecule has 1 aromatic rings. The lowest BCUT2D eigenvalue weighted by atomic mass is 10.0. The molecule has 0 spiro atoms. The minimum atomic E-state index is -0.0862. The van der Waals surface area contributed by atoms with Gasteiger partial charge in [0.05, 0.1) is 0 Å². The minimum absolute atomic E-state index is 0. The summed E-state index contributed by atoms with van der Waals surface area (Å²) in [6, 6.07) is 2.55. The van der Waals surface area contributed by atoms with Crippen LogP contribution in [0.15, 0.2) is 10.5 Å². The number of nitrogens with one attached hydrogen (secondary N) is 2. The van der Waals surface area contributed by atoms with Gasteiger partial charge in [-0.05, 0) is 44.9 Å². The summed E-state index contributed by atoms with van der Waals surface area (Å²) < 4.78 is 5.57. The van der Waals surface area contributed by atoms with Gasteiger partial charge in [-0.15, -0.1) is 12.4 Å². The van der Waals surface area contributed by atoms with Crippen LogP contribution in [0.2, 0.25) is 0 Å². The number of aryl methyl sites for hydroxylation is 2. The fourth-order valence-corrected chi connectivity index (χ4v) is 2.50. The molecule has 1 amide bonds. The predicted molar refractivity (Wildman–Crippen MR) is 78.0 cm³/mol. The smallest absolute Gasteiger partial charge is 0.287 e. The van der Waals surface area contributed by atoms with Crippen molar-refractivity contribution in [3.63, 3.8) is 0 Å². The molecule has 0 aromatic carbocycles. The van der Waals surface area contributed by atoms with E-state index in [1.807, 2.05) is 19.9 Å². The number of halogens is 1. The van der Waals surface area contributed by atoms with Gasteiger partial charge in [0.1, 0.15) is 5.76 Å². The maximum absolute atomic E-state index is 12.1. The lowest BCUT2D eigenvalue weighted by molar-refractivity contribution is 0.0896. The first-order valence-electron chi connectivity index (χ1n) is 6.73. The highest BCUT2D eigenvalue weighted by molar-refractivity contribution is 5.92. The largest absolute Gasteiger partial charge is 0.456 e. The quantitative estimate of drug-likeness (QED) is 0.897. The van der Waals surface area contributed by atoms with E-state index in [1.165, 1.54) is 0 Å². The van der Waals surface area contributed by atoms with E-state index < -0.39 is 0 Å². The van der Waals surface area contributed by atoms with E-state index in [0.29, 0.717) is 11.8 Å². The van der Waals surface area contributed by atoms with Crippen LogP contribution in [0.1, 0.15) is 48.6 Å². The molecule has 2 unspecified atom stereocenters. The summed E-state index contributed by atoms with van der Waals surface area (Å²) >= 11 is 0. The fraction of sp³-hybridized carbons (Fsp3) is 0.643. The Balaban J connectivity index is 0.00000180. The third-order valence-electron chi connectivity index (χ3n) is 3.52. The number of hydrogen-bond acceptors (Lipinski definition) is 3. The van der Waals surface area contributed by atoms with Crippen LogP contribution in [0.3, 0.4) is 0 Å². The molecule has 5 heteroatoms. The molecule has 0 aliphatic carbocycles. The number of furan rings is 1. The van der Waals surface area contributed by atoms with Crippen LogP contribution < -0.4 is 10.6 Å². The SMILES string of the molecule is CCc1oc(C(=O)NC2CCNC(C)C2)cc1C.Cl. The van der Waals surface area contributed by atoms with Gasteiger partial charge in [-0.1, -0.05) is 6.92 Å². The molecule has 108 valence electrons. The molecule has 2 heterocycles. The van der Waals surface area contributed by atoms with Gasteiger partial charge in [-0.25, -0.2) is 0 Å². The van der Waals surface area contributed by atoms with Crippen molar-refractivity contribution in [3.8, 4) is 0 Å². The molecular weight excluding hydrogens is 264 g/mol. The van der Waals surface area contributed by atoms with E-state index in [1.54, 1.807) is 0 Å². The van der Waals surface area contributed by atoms with Crippen molar-refractivity contribution in [2.75, 3.05) is 6.54 Å². The van der Waals surface area contributed by atoms with Gasteiger partial charge in [-0.3, -0.25) is 4.79 Å². The second kappa shape index (κ2) is 6.96. The van der Waals surface area contributed by atoms with Gasteiger partial charge in [0, 0.05) is 18.5 Å². The number of amides is 1. The average molecular weight is 287 g/mol. The first-order valence-corrected chi connectivity index (χ1v) is 6.73. The lowest BCUT2D eigenvalue weighted by Gasteiger charge is -2.28. The molecule has 0 radical (unpaired) electrons. The number of piperidine rings is 1. The summed E-state index contributed by atoms with van der Waals surface area (Å²) in [7, 11) is 0. The topological polar surface area (TPSA) is 54.3 Å². The maximum Gasteiger partial charge on any atom is 0.287 e. The van der Waals surface area contributed by atoms with E-state index in [2.05, 4.69) is 17.6 Å². The predicted octanol–water partition coefficient (Wildman–Crippen LogP) is 2.44. The van der Waals surface area contributed by atoms with Crippen molar-refractivity contribution < 1.29 is 9.21 Å². The van der Waals surface area contributed by atoms with Gasteiger partial charge >= 0.3 is 0 Å². The van der Waals surface area contributed by atoms with Crippen LogP contribution in [0, 0.1) is 6.92 Å². The molecular formula is C14H23ClN2O2. The Hall–Kier alpha value is -1.00. The molecule has 1 aliphatic heterocycles. The fourth-order valence-electron chi connectivity index (χ4n) is 2.50. The van der Waals surface area contributed by atoms with Crippen LogP contribution in [0.25, 0.3) is 0 Å². The van der Waals surface area contributed by atoms with Crippen molar-refractivity contribution in [2.45, 2.75) is 52.1 Å². The van der Waals surface area contributed by atoms with Crippen LogP contribution in [-0.4, -0.2) is 24.5 Å². The molecule has 1 aromatic heterocycles. The maximum atomic E-state index is 12.1. The average Bonchev–Trinajstić information content (AvgIpc) is 2.70. The van der Waals surface area contributed by atoms with E-state index >= 15 is 0 Å². The van der Waals surface area contributed by atoms with Gasteiger partial charge in [0.2, 0.25) is 0 Å². The van der Waals surface area contributed by atoms with Gasteiger partial charge < -0.3 is 15.1 Å². The molecule has 4 nitrogen and oxygen atoms in total. The first-order chi connectivity index (χ1) is 8.60. The first kappa shape index (κ1) is 16.1. The second-order valence-electron chi connectivity index (χ2n) is 5.12. The zero-order chi connectivity index (χ0) is 13.1. The Morgan fingerprint density at radius 3 is 2.89 bits per heavy atom. The molecule has 2 N–H and O–H groups in total. The Morgan fingerprint density at radius 1 is 1.58 bits per heavy atom. The number of carbonyl (C=O) groups is 1. The summed E-state index contributed by atoms with van der Waals surface area (Å²) in [5.41, 5.74) is 1.06. The van der Waals surface area contributed by atoms with Crippen molar-refractivity contribution in [3.05, 3.63) is 23.2 Å². The Morgan fingerprint density at radius 2 is 2.32 bits per heavy atom. The summed E-state index contributed by atoms with van der Waals surface area (Å²) in [6.07, 6.45) is 2.78. The standard InChI is InChI=1S/C14H22N2O2.ClH/c1-4-12-9(2)7-13(18-12)14(17)16-11-5-6-15-10(3)8-11;/h7,10-11,15H,4-6,8H2,1-3H3,(H,16,17);1H. The monoisotopic (exact) mass is 286 g/mol. The highest BCUT2D eigenvalue weighted by Crippen LogP contribution is 2.16. The molecule has 1 saturated heterocycles. The third-order valence-corrected chi connectivity index (χ3v) is 3.52. The molecule has 2 rings (SSSR count). The third kappa shape index (κ3) is 3.98.